The standard InChI is InChI=1S/C25H23NO2/c1-3-26(4-2)25(27)28-23-17-16-19-11-6-8-14-21(19)24(23)22-15-9-12-18-10-5-7-13-20(18)22/h5-17H,3-4H2,1-2H3. The number of amides is 1. The second kappa shape index (κ2) is 7.73. The summed E-state index contributed by atoms with van der Waals surface area (Å²) in [6.07, 6.45) is -0.318. The molecule has 0 saturated carbocycles. The Kier molecular flexibility index (Phi) is 4.98. The zero-order chi connectivity index (χ0) is 19.5. The number of nitrogens with zero attached hydrogens (tertiary/aromatic N) is 1. The van der Waals surface area contributed by atoms with Crippen LogP contribution in [0, 0.1) is 0 Å². The molecule has 140 valence electrons. The van der Waals surface area contributed by atoms with Crippen molar-refractivity contribution in [2.24, 2.45) is 0 Å². The third kappa shape index (κ3) is 3.20. The Labute approximate surface area is 165 Å². The van der Waals surface area contributed by atoms with E-state index in [1.165, 1.54) is 0 Å². The van der Waals surface area contributed by atoms with Gasteiger partial charge in [0.15, 0.2) is 0 Å². The van der Waals surface area contributed by atoms with E-state index in [9.17, 15) is 4.79 Å². The molecule has 0 N–H and O–H groups in total. The minimum absolute atomic E-state index is 0.318. The monoisotopic (exact) mass is 369 g/mol. The highest BCUT2D eigenvalue weighted by Crippen LogP contribution is 2.40. The molecule has 0 fully saturated rings. The molecule has 28 heavy (non-hydrogen) atoms. The quantitative estimate of drug-likeness (QED) is 0.411. The lowest BCUT2D eigenvalue weighted by Gasteiger charge is -2.20. The third-order valence-electron chi connectivity index (χ3n) is 5.17. The Morgan fingerprint density at radius 2 is 1.36 bits per heavy atom. The zero-order valence-corrected chi connectivity index (χ0v) is 16.2. The van der Waals surface area contributed by atoms with E-state index in [2.05, 4.69) is 42.5 Å². The van der Waals surface area contributed by atoms with Crippen LogP contribution in [0.3, 0.4) is 0 Å². The van der Waals surface area contributed by atoms with Crippen molar-refractivity contribution < 1.29 is 9.53 Å². The summed E-state index contributed by atoms with van der Waals surface area (Å²) in [4.78, 5) is 14.3. The summed E-state index contributed by atoms with van der Waals surface area (Å²) >= 11 is 0. The Morgan fingerprint density at radius 3 is 2.07 bits per heavy atom. The van der Waals surface area contributed by atoms with Gasteiger partial charge in [-0.1, -0.05) is 72.8 Å². The van der Waals surface area contributed by atoms with Crippen LogP contribution in [-0.2, 0) is 0 Å². The first-order valence-electron chi connectivity index (χ1n) is 9.69. The molecule has 3 nitrogen and oxygen atoms in total. The number of ether oxygens (including phenoxy) is 1. The van der Waals surface area contributed by atoms with Crippen molar-refractivity contribution in [3.05, 3.63) is 78.9 Å². The van der Waals surface area contributed by atoms with Gasteiger partial charge in [-0.25, -0.2) is 4.79 Å². The molecule has 0 heterocycles. The fourth-order valence-corrected chi connectivity index (χ4v) is 3.70. The lowest BCUT2D eigenvalue weighted by molar-refractivity contribution is 0.157. The summed E-state index contributed by atoms with van der Waals surface area (Å²) in [6.45, 7) is 5.15. The topological polar surface area (TPSA) is 29.5 Å². The predicted molar refractivity (Wildman–Crippen MR) is 116 cm³/mol. The van der Waals surface area contributed by atoms with E-state index in [1.54, 1.807) is 4.90 Å². The summed E-state index contributed by atoms with van der Waals surface area (Å²) in [6, 6.07) is 26.7. The average molecular weight is 369 g/mol. The van der Waals surface area contributed by atoms with Gasteiger partial charge >= 0.3 is 6.09 Å². The van der Waals surface area contributed by atoms with Crippen LogP contribution in [0.5, 0.6) is 5.75 Å². The lowest BCUT2D eigenvalue weighted by Crippen LogP contribution is -2.33. The maximum absolute atomic E-state index is 12.7. The highest BCUT2D eigenvalue weighted by atomic mass is 16.6. The molecular weight excluding hydrogens is 346 g/mol. The number of fused-ring (bicyclic) bond motifs is 2. The van der Waals surface area contributed by atoms with E-state index in [-0.39, 0.29) is 6.09 Å². The summed E-state index contributed by atoms with van der Waals surface area (Å²) in [7, 11) is 0. The Hall–Kier alpha value is -3.33. The molecule has 4 rings (SSSR count). The van der Waals surface area contributed by atoms with Crippen molar-refractivity contribution in [2.75, 3.05) is 13.1 Å². The summed E-state index contributed by atoms with van der Waals surface area (Å²) in [5.41, 5.74) is 2.02. The van der Waals surface area contributed by atoms with Gasteiger partial charge in [-0.05, 0) is 47.0 Å². The van der Waals surface area contributed by atoms with Crippen LogP contribution < -0.4 is 4.74 Å². The van der Waals surface area contributed by atoms with Crippen LogP contribution >= 0.6 is 0 Å². The van der Waals surface area contributed by atoms with Gasteiger partial charge in [0.1, 0.15) is 5.75 Å². The molecule has 1 amide bonds. The highest BCUT2D eigenvalue weighted by molar-refractivity contribution is 6.08. The average Bonchev–Trinajstić information content (AvgIpc) is 2.74. The summed E-state index contributed by atoms with van der Waals surface area (Å²) < 4.78 is 5.89. The Bertz CT molecular complexity index is 1140. The van der Waals surface area contributed by atoms with E-state index >= 15 is 0 Å². The van der Waals surface area contributed by atoms with Gasteiger partial charge in [0.2, 0.25) is 0 Å². The molecule has 0 aliphatic carbocycles. The third-order valence-corrected chi connectivity index (χ3v) is 5.17. The van der Waals surface area contributed by atoms with Crippen LogP contribution in [0.2, 0.25) is 0 Å². The van der Waals surface area contributed by atoms with Crippen LogP contribution in [-0.4, -0.2) is 24.1 Å². The minimum Gasteiger partial charge on any atom is -0.410 e. The Morgan fingerprint density at radius 1 is 0.750 bits per heavy atom. The van der Waals surface area contributed by atoms with Gasteiger partial charge in [-0.3, -0.25) is 0 Å². The van der Waals surface area contributed by atoms with Gasteiger partial charge in [-0.2, -0.15) is 0 Å². The number of hydrogen-bond acceptors (Lipinski definition) is 2. The van der Waals surface area contributed by atoms with E-state index < -0.39 is 0 Å². The van der Waals surface area contributed by atoms with Gasteiger partial charge in [-0.15, -0.1) is 0 Å². The molecule has 0 aromatic heterocycles. The van der Waals surface area contributed by atoms with Crippen molar-refractivity contribution in [2.45, 2.75) is 13.8 Å². The molecule has 0 saturated heterocycles. The van der Waals surface area contributed by atoms with E-state index in [1.807, 2.05) is 50.2 Å². The second-order valence-electron chi connectivity index (χ2n) is 6.73. The Balaban J connectivity index is 1.96. The molecule has 0 bridgehead atoms. The first-order chi connectivity index (χ1) is 13.7. The fourth-order valence-electron chi connectivity index (χ4n) is 3.70. The van der Waals surface area contributed by atoms with Gasteiger partial charge in [0.05, 0.1) is 0 Å². The number of carbonyl (C=O) groups excluding carboxylic acids is 1. The van der Waals surface area contributed by atoms with Crippen LogP contribution in [0.15, 0.2) is 78.9 Å². The van der Waals surface area contributed by atoms with Gasteiger partial charge < -0.3 is 9.64 Å². The molecule has 3 heteroatoms. The van der Waals surface area contributed by atoms with Crippen LogP contribution in [0.4, 0.5) is 4.79 Å². The zero-order valence-electron chi connectivity index (χ0n) is 16.2. The van der Waals surface area contributed by atoms with E-state index in [4.69, 9.17) is 4.74 Å². The van der Waals surface area contributed by atoms with Crippen LogP contribution in [0.25, 0.3) is 32.7 Å². The number of benzene rings is 4. The van der Waals surface area contributed by atoms with Crippen molar-refractivity contribution in [1.82, 2.24) is 4.90 Å². The van der Waals surface area contributed by atoms with Crippen molar-refractivity contribution in [3.8, 4) is 16.9 Å². The summed E-state index contributed by atoms with van der Waals surface area (Å²) in [5.74, 6) is 0.590. The smallest absolute Gasteiger partial charge is 0.410 e. The largest absolute Gasteiger partial charge is 0.415 e. The molecular formula is C25H23NO2. The van der Waals surface area contributed by atoms with E-state index in [0.717, 1.165) is 32.7 Å². The molecule has 0 spiro atoms. The lowest BCUT2D eigenvalue weighted by atomic mass is 9.93. The van der Waals surface area contributed by atoms with Gasteiger partial charge in [0.25, 0.3) is 0 Å². The SMILES string of the molecule is CCN(CC)C(=O)Oc1ccc2ccccc2c1-c1cccc2ccccc12. The van der Waals surface area contributed by atoms with Crippen LogP contribution in [0.1, 0.15) is 13.8 Å². The molecule has 0 aliphatic heterocycles. The maximum atomic E-state index is 12.7. The number of rotatable bonds is 4. The molecule has 4 aromatic rings. The molecule has 0 atom stereocenters. The molecule has 0 unspecified atom stereocenters. The van der Waals surface area contributed by atoms with Crippen molar-refractivity contribution >= 4 is 27.6 Å². The summed E-state index contributed by atoms with van der Waals surface area (Å²) in [5, 5.41) is 4.49. The maximum Gasteiger partial charge on any atom is 0.415 e. The number of carbonyl (C=O) groups is 1. The van der Waals surface area contributed by atoms with E-state index in [0.29, 0.717) is 18.8 Å². The normalized spacial score (nSPS) is 10.9. The molecule has 0 aliphatic rings. The second-order valence-corrected chi connectivity index (χ2v) is 6.73. The minimum atomic E-state index is -0.318. The van der Waals surface area contributed by atoms with Crippen molar-refractivity contribution in [1.29, 1.82) is 0 Å². The predicted octanol–water partition coefficient (Wildman–Crippen LogP) is 6.50. The first kappa shape index (κ1) is 18.1. The van der Waals surface area contributed by atoms with Gasteiger partial charge in [0, 0.05) is 18.7 Å². The first-order valence-corrected chi connectivity index (χ1v) is 9.69. The molecule has 0 radical (unpaired) electrons. The number of hydrogen-bond donors (Lipinski definition) is 0. The fraction of sp³-hybridized carbons (Fsp3) is 0.160. The van der Waals surface area contributed by atoms with Crippen molar-refractivity contribution in [3.63, 3.8) is 0 Å². The molecule has 4 aromatic carbocycles. The highest BCUT2D eigenvalue weighted by Gasteiger charge is 2.18.